The maximum Gasteiger partial charge on any atom is 0.224 e. The van der Waals surface area contributed by atoms with E-state index in [2.05, 4.69) is 21.2 Å². The predicted molar refractivity (Wildman–Crippen MR) is 94.9 cm³/mol. The molecule has 5 nitrogen and oxygen atoms in total. The SMILES string of the molecule is O=C(CCCOc1ccc(F)cc1)Nc1cc2c(cc1Br)OCCO2. The first kappa shape index (κ1) is 17.5. The van der Waals surface area contributed by atoms with Crippen LogP contribution in [-0.4, -0.2) is 25.7 Å². The minimum absolute atomic E-state index is 0.125. The second-order valence-corrected chi connectivity index (χ2v) is 6.28. The number of rotatable bonds is 6. The smallest absolute Gasteiger partial charge is 0.224 e. The predicted octanol–water partition coefficient (Wildman–Crippen LogP) is 4.16. The second kappa shape index (κ2) is 8.20. The largest absolute Gasteiger partial charge is 0.494 e. The van der Waals surface area contributed by atoms with Crippen molar-refractivity contribution in [2.45, 2.75) is 12.8 Å². The van der Waals surface area contributed by atoms with E-state index in [1.807, 2.05) is 0 Å². The van der Waals surface area contributed by atoms with Crippen molar-refractivity contribution in [1.82, 2.24) is 0 Å². The van der Waals surface area contributed by atoms with E-state index in [4.69, 9.17) is 14.2 Å². The molecule has 0 aromatic heterocycles. The molecule has 3 rings (SSSR count). The zero-order valence-corrected chi connectivity index (χ0v) is 15.0. The molecule has 1 amide bonds. The maximum absolute atomic E-state index is 12.8. The van der Waals surface area contributed by atoms with Crippen LogP contribution in [0.15, 0.2) is 40.9 Å². The van der Waals surface area contributed by atoms with Gasteiger partial charge in [-0.25, -0.2) is 4.39 Å². The molecule has 1 aliphatic rings. The van der Waals surface area contributed by atoms with E-state index in [0.29, 0.717) is 55.6 Å². The Morgan fingerprint density at radius 1 is 1.16 bits per heavy atom. The number of hydrogen-bond acceptors (Lipinski definition) is 4. The van der Waals surface area contributed by atoms with Crippen molar-refractivity contribution in [3.05, 3.63) is 46.7 Å². The van der Waals surface area contributed by atoms with Gasteiger partial charge in [0.25, 0.3) is 0 Å². The molecular weight excluding hydrogens is 393 g/mol. The molecule has 25 heavy (non-hydrogen) atoms. The van der Waals surface area contributed by atoms with E-state index in [1.165, 1.54) is 12.1 Å². The Kier molecular flexibility index (Phi) is 5.75. The monoisotopic (exact) mass is 409 g/mol. The molecule has 2 aromatic rings. The number of ether oxygens (including phenoxy) is 3. The first-order chi connectivity index (χ1) is 12.1. The van der Waals surface area contributed by atoms with Crippen molar-refractivity contribution in [2.75, 3.05) is 25.1 Å². The lowest BCUT2D eigenvalue weighted by Crippen LogP contribution is -2.17. The van der Waals surface area contributed by atoms with Crippen LogP contribution < -0.4 is 19.5 Å². The van der Waals surface area contributed by atoms with Gasteiger partial charge in [0.2, 0.25) is 5.91 Å². The molecule has 0 saturated carbocycles. The highest BCUT2D eigenvalue weighted by Gasteiger charge is 2.16. The normalized spacial score (nSPS) is 12.6. The fourth-order valence-electron chi connectivity index (χ4n) is 2.33. The zero-order valence-electron chi connectivity index (χ0n) is 13.4. The highest BCUT2D eigenvalue weighted by atomic mass is 79.9. The van der Waals surface area contributed by atoms with Crippen molar-refractivity contribution < 1.29 is 23.4 Å². The van der Waals surface area contributed by atoms with Crippen molar-refractivity contribution in [1.29, 1.82) is 0 Å². The molecule has 0 radical (unpaired) electrons. The van der Waals surface area contributed by atoms with E-state index in [9.17, 15) is 9.18 Å². The van der Waals surface area contributed by atoms with Gasteiger partial charge in [0.1, 0.15) is 24.8 Å². The van der Waals surface area contributed by atoms with Crippen LogP contribution in [0.1, 0.15) is 12.8 Å². The summed E-state index contributed by atoms with van der Waals surface area (Å²) in [7, 11) is 0. The number of hydrogen-bond donors (Lipinski definition) is 1. The van der Waals surface area contributed by atoms with Gasteiger partial charge in [-0.05, 0) is 46.6 Å². The average Bonchev–Trinajstić information content (AvgIpc) is 2.61. The zero-order chi connectivity index (χ0) is 17.6. The van der Waals surface area contributed by atoms with Crippen LogP contribution in [0, 0.1) is 5.82 Å². The lowest BCUT2D eigenvalue weighted by Gasteiger charge is -2.20. The van der Waals surface area contributed by atoms with Crippen LogP contribution in [0.3, 0.4) is 0 Å². The fraction of sp³-hybridized carbons (Fsp3) is 0.278. The molecule has 0 atom stereocenters. The Balaban J connectivity index is 1.47. The molecule has 0 fully saturated rings. The Morgan fingerprint density at radius 2 is 1.84 bits per heavy atom. The first-order valence-corrected chi connectivity index (χ1v) is 8.68. The van der Waals surface area contributed by atoms with Crippen LogP contribution in [0.4, 0.5) is 10.1 Å². The number of carbonyl (C=O) groups excluding carboxylic acids is 1. The third-order valence-corrected chi connectivity index (χ3v) is 4.19. The summed E-state index contributed by atoms with van der Waals surface area (Å²) in [6, 6.07) is 9.31. The molecule has 0 unspecified atom stereocenters. The summed E-state index contributed by atoms with van der Waals surface area (Å²) in [5, 5.41) is 2.84. The fourth-order valence-corrected chi connectivity index (χ4v) is 2.75. The molecule has 1 heterocycles. The topological polar surface area (TPSA) is 56.8 Å². The minimum atomic E-state index is -0.309. The Labute approximate surface area is 153 Å². The molecule has 1 N–H and O–H groups in total. The summed E-state index contributed by atoms with van der Waals surface area (Å²) in [6.07, 6.45) is 0.855. The molecule has 132 valence electrons. The van der Waals surface area contributed by atoms with Gasteiger partial charge < -0.3 is 19.5 Å². The summed E-state index contributed by atoms with van der Waals surface area (Å²) in [4.78, 5) is 12.1. The van der Waals surface area contributed by atoms with Crippen molar-refractivity contribution in [3.8, 4) is 17.2 Å². The number of benzene rings is 2. The number of halogens is 2. The van der Waals surface area contributed by atoms with Crippen LogP contribution >= 0.6 is 15.9 Å². The van der Waals surface area contributed by atoms with E-state index >= 15 is 0 Å². The van der Waals surface area contributed by atoms with Gasteiger partial charge in [0.15, 0.2) is 11.5 Å². The number of amides is 1. The molecule has 0 aliphatic carbocycles. The minimum Gasteiger partial charge on any atom is -0.494 e. The number of fused-ring (bicyclic) bond motifs is 1. The van der Waals surface area contributed by atoms with Crippen LogP contribution in [0.5, 0.6) is 17.2 Å². The maximum atomic E-state index is 12.8. The first-order valence-electron chi connectivity index (χ1n) is 7.89. The Hall–Kier alpha value is -2.28. The molecular formula is C18H17BrFNO4. The third kappa shape index (κ3) is 4.85. The summed E-state index contributed by atoms with van der Waals surface area (Å²) in [6.45, 7) is 1.38. The quantitative estimate of drug-likeness (QED) is 0.727. The summed E-state index contributed by atoms with van der Waals surface area (Å²) in [5.41, 5.74) is 0.633. The van der Waals surface area contributed by atoms with Gasteiger partial charge in [-0.2, -0.15) is 0 Å². The van der Waals surface area contributed by atoms with Crippen molar-refractivity contribution in [3.63, 3.8) is 0 Å². The van der Waals surface area contributed by atoms with Gasteiger partial charge in [0, 0.05) is 23.0 Å². The highest BCUT2D eigenvalue weighted by molar-refractivity contribution is 9.10. The van der Waals surface area contributed by atoms with Crippen LogP contribution in [-0.2, 0) is 4.79 Å². The van der Waals surface area contributed by atoms with E-state index in [-0.39, 0.29) is 11.7 Å². The van der Waals surface area contributed by atoms with Crippen molar-refractivity contribution >= 4 is 27.5 Å². The highest BCUT2D eigenvalue weighted by Crippen LogP contribution is 2.38. The molecule has 2 aromatic carbocycles. The lowest BCUT2D eigenvalue weighted by molar-refractivity contribution is -0.116. The van der Waals surface area contributed by atoms with Gasteiger partial charge in [-0.15, -0.1) is 0 Å². The van der Waals surface area contributed by atoms with E-state index in [0.717, 1.165) is 4.47 Å². The van der Waals surface area contributed by atoms with Crippen LogP contribution in [0.2, 0.25) is 0 Å². The second-order valence-electron chi connectivity index (χ2n) is 5.43. The Bertz CT molecular complexity index is 751. The summed E-state index contributed by atoms with van der Waals surface area (Å²) >= 11 is 3.42. The van der Waals surface area contributed by atoms with Gasteiger partial charge in [-0.3, -0.25) is 4.79 Å². The molecule has 7 heteroatoms. The molecule has 0 bridgehead atoms. The lowest BCUT2D eigenvalue weighted by atomic mass is 10.2. The van der Waals surface area contributed by atoms with Gasteiger partial charge >= 0.3 is 0 Å². The van der Waals surface area contributed by atoms with E-state index < -0.39 is 0 Å². The number of nitrogens with one attached hydrogen (secondary N) is 1. The summed E-state index contributed by atoms with van der Waals surface area (Å²) < 4.78 is 30.0. The number of anilines is 1. The third-order valence-electron chi connectivity index (χ3n) is 3.54. The number of carbonyl (C=O) groups is 1. The standard InChI is InChI=1S/C18H17BrFNO4/c19-14-10-16-17(25-9-8-24-16)11-15(14)21-18(22)2-1-7-23-13-5-3-12(20)4-6-13/h3-6,10-11H,1-2,7-9H2,(H,21,22). The molecule has 0 spiro atoms. The molecule has 1 aliphatic heterocycles. The van der Waals surface area contributed by atoms with Gasteiger partial charge in [0.05, 0.1) is 12.3 Å². The van der Waals surface area contributed by atoms with Crippen LogP contribution in [0.25, 0.3) is 0 Å². The Morgan fingerprint density at radius 3 is 2.56 bits per heavy atom. The molecule has 0 saturated heterocycles. The average molecular weight is 410 g/mol. The summed E-state index contributed by atoms with van der Waals surface area (Å²) in [5.74, 6) is 1.42. The van der Waals surface area contributed by atoms with Gasteiger partial charge in [-0.1, -0.05) is 0 Å². The van der Waals surface area contributed by atoms with Crippen molar-refractivity contribution in [2.24, 2.45) is 0 Å². The van der Waals surface area contributed by atoms with E-state index in [1.54, 1.807) is 24.3 Å².